The number of nitrogens with one attached hydrogen (secondary N) is 1. The Labute approximate surface area is 235 Å². The summed E-state index contributed by atoms with van der Waals surface area (Å²) in [5.74, 6) is 0.498. The fourth-order valence-corrected chi connectivity index (χ4v) is 11.0. The van der Waals surface area contributed by atoms with Crippen LogP contribution in [0.15, 0.2) is 11.6 Å². The van der Waals surface area contributed by atoms with Crippen LogP contribution in [0, 0.1) is 50.2 Å². The molecule has 0 heterocycles. The lowest BCUT2D eigenvalue weighted by atomic mass is 9.33. The summed E-state index contributed by atoms with van der Waals surface area (Å²) in [5, 5.41) is 0. The lowest BCUT2D eigenvalue weighted by molar-refractivity contribution is -0.210. The number of ether oxygens (including phenoxy) is 1. The first-order valence-corrected chi connectivity index (χ1v) is 15.3. The molecule has 0 aromatic heterocycles. The molecule has 39 heavy (non-hydrogen) atoms. The Bertz CT molecular complexity index is 1110. The van der Waals surface area contributed by atoms with Gasteiger partial charge in [0.25, 0.3) is 0 Å². The fraction of sp³-hybridized carbons (Fsp3) is 0.848. The Morgan fingerprint density at radius 2 is 1.59 bits per heavy atom. The zero-order valence-corrected chi connectivity index (χ0v) is 25.8. The molecule has 218 valence electrons. The molecule has 0 aromatic carbocycles. The maximum atomic E-state index is 14.5. The van der Waals surface area contributed by atoms with E-state index in [1.807, 2.05) is 0 Å². The number of hydroxylamine groups is 1. The Morgan fingerprint density at radius 3 is 2.23 bits per heavy atom. The van der Waals surface area contributed by atoms with E-state index in [1.54, 1.807) is 0 Å². The van der Waals surface area contributed by atoms with E-state index in [9.17, 15) is 14.4 Å². The highest BCUT2D eigenvalue weighted by Crippen LogP contribution is 2.75. The Balaban J connectivity index is 1.56. The minimum atomic E-state index is -0.511. The van der Waals surface area contributed by atoms with Gasteiger partial charge in [-0.25, -0.2) is 5.48 Å². The van der Waals surface area contributed by atoms with Gasteiger partial charge in [0, 0.05) is 23.7 Å². The number of fused-ring (bicyclic) bond motifs is 7. The highest BCUT2D eigenvalue weighted by Gasteiger charge is 2.70. The maximum absolute atomic E-state index is 14.5. The summed E-state index contributed by atoms with van der Waals surface area (Å²) < 4.78 is 5.84. The van der Waals surface area contributed by atoms with Gasteiger partial charge in [0.05, 0.1) is 7.11 Å². The molecule has 0 aliphatic heterocycles. The number of amides is 1. The number of esters is 1. The monoisotopic (exact) mass is 541 g/mol. The minimum absolute atomic E-state index is 0.0498. The van der Waals surface area contributed by atoms with E-state index in [0.717, 1.165) is 57.8 Å². The number of carbonyl (C=O) groups excluding carboxylic acids is 3. The van der Waals surface area contributed by atoms with Crippen molar-refractivity contribution in [3.05, 3.63) is 11.6 Å². The quantitative estimate of drug-likeness (QED) is 0.323. The molecule has 1 amide bonds. The normalized spacial score (nSPS) is 48.4. The third-order valence-corrected chi connectivity index (χ3v) is 13.6. The summed E-state index contributed by atoms with van der Waals surface area (Å²) in [6, 6.07) is 0. The Kier molecular flexibility index (Phi) is 6.58. The van der Waals surface area contributed by atoms with Crippen LogP contribution in [0.4, 0.5) is 0 Å². The molecule has 0 aromatic rings. The smallest absolute Gasteiger partial charge is 0.302 e. The number of hydrogen-bond acceptors (Lipinski definition) is 5. The molecule has 5 aliphatic carbocycles. The van der Waals surface area contributed by atoms with Gasteiger partial charge in [0.2, 0.25) is 5.91 Å². The summed E-state index contributed by atoms with van der Waals surface area (Å²) in [6.45, 7) is 17.7. The third-order valence-electron chi connectivity index (χ3n) is 13.6. The van der Waals surface area contributed by atoms with Crippen molar-refractivity contribution < 1.29 is 24.0 Å². The zero-order valence-electron chi connectivity index (χ0n) is 25.8. The van der Waals surface area contributed by atoms with Crippen molar-refractivity contribution in [3.63, 3.8) is 0 Å². The van der Waals surface area contributed by atoms with Crippen LogP contribution in [0.2, 0.25) is 0 Å². The predicted octanol–water partition coefficient (Wildman–Crippen LogP) is 6.58. The molecule has 6 nitrogen and oxygen atoms in total. The van der Waals surface area contributed by atoms with Crippen molar-refractivity contribution in [2.45, 2.75) is 119 Å². The molecular weight excluding hydrogens is 490 g/mol. The molecule has 1 unspecified atom stereocenters. The summed E-state index contributed by atoms with van der Waals surface area (Å²) >= 11 is 0. The molecule has 0 spiro atoms. The summed E-state index contributed by atoms with van der Waals surface area (Å²) in [4.78, 5) is 44.5. The van der Waals surface area contributed by atoms with Crippen LogP contribution in [0.3, 0.4) is 0 Å². The highest BCUT2D eigenvalue weighted by atomic mass is 16.6. The van der Waals surface area contributed by atoms with E-state index < -0.39 is 5.41 Å². The third kappa shape index (κ3) is 3.85. The molecule has 0 bridgehead atoms. The fourth-order valence-electron chi connectivity index (χ4n) is 11.0. The number of rotatable bonds is 3. The number of allylic oxidation sites excluding steroid dienone is 2. The summed E-state index contributed by atoms with van der Waals surface area (Å²) in [7, 11) is 1.49. The second-order valence-electron chi connectivity index (χ2n) is 15.8. The molecule has 0 radical (unpaired) electrons. The average molecular weight is 542 g/mol. The van der Waals surface area contributed by atoms with Gasteiger partial charge in [-0.2, -0.15) is 0 Å². The van der Waals surface area contributed by atoms with Crippen LogP contribution < -0.4 is 5.48 Å². The second kappa shape index (κ2) is 8.90. The lowest BCUT2D eigenvalue weighted by Crippen LogP contribution is -2.66. The van der Waals surface area contributed by atoms with E-state index in [-0.39, 0.29) is 62.7 Å². The molecule has 1 N–H and O–H groups in total. The molecule has 6 heteroatoms. The molecule has 0 saturated heterocycles. The SMILES string of the molecule is CONC(=O)[C@@]1(C)CC[C@]2(C)CC[C@]3(C)C(=CC(=O)[C@@H]4[C@@]5(C)CC[C@H](OC(C)=O)C(C)(C)C5CC[C@]43C)[C@H]2C1. The van der Waals surface area contributed by atoms with Gasteiger partial charge in [-0.15, -0.1) is 0 Å². The van der Waals surface area contributed by atoms with Gasteiger partial charge < -0.3 is 4.74 Å². The molecule has 5 rings (SSSR count). The molecule has 9 atom stereocenters. The number of carbonyl (C=O) groups is 3. The van der Waals surface area contributed by atoms with Gasteiger partial charge >= 0.3 is 5.97 Å². The summed E-state index contributed by atoms with van der Waals surface area (Å²) in [6.07, 6.45) is 10.5. The minimum Gasteiger partial charge on any atom is -0.462 e. The van der Waals surface area contributed by atoms with Crippen LogP contribution in [0.5, 0.6) is 0 Å². The van der Waals surface area contributed by atoms with Gasteiger partial charge in [0.1, 0.15) is 6.10 Å². The molecule has 4 saturated carbocycles. The first-order chi connectivity index (χ1) is 18.0. The van der Waals surface area contributed by atoms with E-state index in [2.05, 4.69) is 60.0 Å². The zero-order chi connectivity index (χ0) is 28.8. The molecule has 5 aliphatic rings. The van der Waals surface area contributed by atoms with Crippen molar-refractivity contribution in [3.8, 4) is 0 Å². The number of hydrogen-bond donors (Lipinski definition) is 1. The topological polar surface area (TPSA) is 81.7 Å². The van der Waals surface area contributed by atoms with Crippen molar-refractivity contribution in [2.75, 3.05) is 7.11 Å². The van der Waals surface area contributed by atoms with E-state index in [0.29, 0.717) is 5.92 Å². The lowest BCUT2D eigenvalue weighted by Gasteiger charge is -2.70. The van der Waals surface area contributed by atoms with Crippen molar-refractivity contribution in [2.24, 2.45) is 50.2 Å². The predicted molar refractivity (Wildman–Crippen MR) is 150 cm³/mol. The average Bonchev–Trinajstić information content (AvgIpc) is 2.83. The van der Waals surface area contributed by atoms with Gasteiger partial charge in [-0.3, -0.25) is 19.2 Å². The van der Waals surface area contributed by atoms with E-state index >= 15 is 0 Å². The van der Waals surface area contributed by atoms with Crippen LogP contribution in [-0.4, -0.2) is 30.9 Å². The Hall–Kier alpha value is -1.69. The second-order valence-corrected chi connectivity index (χ2v) is 15.8. The van der Waals surface area contributed by atoms with Crippen LogP contribution in [0.1, 0.15) is 113 Å². The first kappa shape index (κ1) is 28.8. The number of ketones is 1. The highest BCUT2D eigenvalue weighted by molar-refractivity contribution is 5.95. The van der Waals surface area contributed by atoms with Gasteiger partial charge in [0.15, 0.2) is 5.78 Å². The van der Waals surface area contributed by atoms with Crippen molar-refractivity contribution >= 4 is 17.7 Å². The van der Waals surface area contributed by atoms with Crippen molar-refractivity contribution in [1.29, 1.82) is 0 Å². The van der Waals surface area contributed by atoms with Crippen LogP contribution >= 0.6 is 0 Å². The van der Waals surface area contributed by atoms with E-state index in [4.69, 9.17) is 9.57 Å². The Morgan fingerprint density at radius 1 is 0.923 bits per heavy atom. The largest absolute Gasteiger partial charge is 0.462 e. The molecule has 4 fully saturated rings. The standard InChI is InChI=1S/C33H51NO5/c1-20(35)39-25-11-12-31(6)24(28(25,2)3)10-13-33(8)26(31)23(36)18-21-22-19-30(5,27(37)34-38-9)15-14-29(22,4)16-17-32(21,33)7/h18,22,24-26H,10-17,19H2,1-9H3,(H,34,37)/t22-,24?,25+,26-,29-,30+,31+,32-,33-/m1/s1. The van der Waals surface area contributed by atoms with Crippen molar-refractivity contribution in [1.82, 2.24) is 5.48 Å². The van der Waals surface area contributed by atoms with Crippen LogP contribution in [0.25, 0.3) is 0 Å². The molecular formula is C33H51NO5. The van der Waals surface area contributed by atoms with E-state index in [1.165, 1.54) is 19.6 Å². The van der Waals surface area contributed by atoms with Gasteiger partial charge in [-0.1, -0.05) is 54.0 Å². The maximum Gasteiger partial charge on any atom is 0.302 e. The van der Waals surface area contributed by atoms with Crippen LogP contribution in [-0.2, 0) is 24.0 Å². The summed E-state index contributed by atoms with van der Waals surface area (Å²) in [5.41, 5.74) is 2.95. The van der Waals surface area contributed by atoms with Gasteiger partial charge in [-0.05, 0) is 97.4 Å². The first-order valence-electron chi connectivity index (χ1n) is 15.3.